The van der Waals surface area contributed by atoms with Crippen molar-refractivity contribution in [2.45, 2.75) is 6.92 Å². The number of carbonyl (C=O) groups is 1. The van der Waals surface area contributed by atoms with Crippen molar-refractivity contribution < 1.29 is 19.4 Å². The van der Waals surface area contributed by atoms with Gasteiger partial charge in [0, 0.05) is 3.57 Å². The van der Waals surface area contributed by atoms with Crippen molar-refractivity contribution in [3.63, 3.8) is 0 Å². The molecule has 0 atom stereocenters. The van der Waals surface area contributed by atoms with Crippen molar-refractivity contribution in [3.05, 3.63) is 45.0 Å². The summed E-state index contributed by atoms with van der Waals surface area (Å²) >= 11 is 2.06. The standard InChI is InChI=1S/C16H16INO4/c1-9-4-5-12(13(19)6-9)18-16(20)10-7-14(21-2)15(22-3)8-11(10)17/h4-8,19H,1-3H3,(H,18,20). The van der Waals surface area contributed by atoms with Gasteiger partial charge in [0.15, 0.2) is 11.5 Å². The highest BCUT2D eigenvalue weighted by atomic mass is 127. The molecule has 0 bridgehead atoms. The van der Waals surface area contributed by atoms with E-state index in [9.17, 15) is 9.90 Å². The molecule has 0 aliphatic heterocycles. The minimum absolute atomic E-state index is 0.0313. The zero-order chi connectivity index (χ0) is 16.3. The van der Waals surface area contributed by atoms with Crippen LogP contribution in [0.25, 0.3) is 0 Å². The third kappa shape index (κ3) is 3.44. The molecule has 6 heteroatoms. The van der Waals surface area contributed by atoms with E-state index in [2.05, 4.69) is 27.9 Å². The van der Waals surface area contributed by atoms with E-state index in [1.165, 1.54) is 14.2 Å². The molecule has 0 unspecified atom stereocenters. The summed E-state index contributed by atoms with van der Waals surface area (Å²) in [6.07, 6.45) is 0. The van der Waals surface area contributed by atoms with Crippen LogP contribution in [-0.4, -0.2) is 25.2 Å². The molecule has 0 saturated carbocycles. The molecule has 0 aliphatic carbocycles. The fourth-order valence-electron chi connectivity index (χ4n) is 1.97. The summed E-state index contributed by atoms with van der Waals surface area (Å²) in [5.41, 5.74) is 1.72. The van der Waals surface area contributed by atoms with Gasteiger partial charge in [-0.05, 0) is 59.3 Å². The lowest BCUT2D eigenvalue weighted by Gasteiger charge is -2.13. The SMILES string of the molecule is COc1cc(I)c(C(=O)Nc2ccc(C)cc2O)cc1OC. The summed E-state index contributed by atoms with van der Waals surface area (Å²) in [5, 5.41) is 12.6. The van der Waals surface area contributed by atoms with Gasteiger partial charge in [-0.3, -0.25) is 4.79 Å². The summed E-state index contributed by atoms with van der Waals surface area (Å²) in [4.78, 5) is 12.4. The molecule has 2 aromatic rings. The van der Waals surface area contributed by atoms with E-state index in [1.54, 1.807) is 24.3 Å². The molecule has 2 aromatic carbocycles. The zero-order valence-electron chi connectivity index (χ0n) is 12.4. The molecule has 22 heavy (non-hydrogen) atoms. The first-order valence-corrected chi connectivity index (χ1v) is 7.56. The predicted octanol–water partition coefficient (Wildman–Crippen LogP) is 3.57. The van der Waals surface area contributed by atoms with Crippen LogP contribution in [0.5, 0.6) is 17.2 Å². The van der Waals surface area contributed by atoms with Crippen LogP contribution in [0.4, 0.5) is 5.69 Å². The van der Waals surface area contributed by atoms with Crippen LogP contribution >= 0.6 is 22.6 Å². The quantitative estimate of drug-likeness (QED) is 0.594. The lowest BCUT2D eigenvalue weighted by molar-refractivity contribution is 0.102. The Kier molecular flexibility index (Phi) is 5.12. The first-order chi connectivity index (χ1) is 10.5. The molecule has 0 fully saturated rings. The minimum atomic E-state index is -0.329. The number of phenolic OH excluding ortho intramolecular Hbond substituents is 1. The van der Waals surface area contributed by atoms with Crippen LogP contribution in [0.1, 0.15) is 15.9 Å². The summed E-state index contributed by atoms with van der Waals surface area (Å²) in [6.45, 7) is 1.86. The van der Waals surface area contributed by atoms with Gasteiger partial charge in [0.25, 0.3) is 5.91 Å². The molecule has 2 N–H and O–H groups in total. The van der Waals surface area contributed by atoms with Gasteiger partial charge < -0.3 is 19.9 Å². The first-order valence-electron chi connectivity index (χ1n) is 6.48. The fourth-order valence-corrected chi connectivity index (χ4v) is 2.65. The highest BCUT2D eigenvalue weighted by molar-refractivity contribution is 14.1. The smallest absolute Gasteiger partial charge is 0.256 e. The Morgan fingerprint density at radius 3 is 2.36 bits per heavy atom. The largest absolute Gasteiger partial charge is 0.506 e. The molecular formula is C16H16INO4. The number of methoxy groups -OCH3 is 2. The topological polar surface area (TPSA) is 67.8 Å². The number of aromatic hydroxyl groups is 1. The van der Waals surface area contributed by atoms with Gasteiger partial charge in [0.1, 0.15) is 5.75 Å². The van der Waals surface area contributed by atoms with Crippen molar-refractivity contribution in [2.75, 3.05) is 19.5 Å². The van der Waals surface area contributed by atoms with Crippen LogP contribution in [0.2, 0.25) is 0 Å². The second-order valence-corrected chi connectivity index (χ2v) is 5.82. The van der Waals surface area contributed by atoms with Crippen molar-refractivity contribution in [2.24, 2.45) is 0 Å². The molecule has 0 aromatic heterocycles. The van der Waals surface area contributed by atoms with Crippen molar-refractivity contribution in [3.8, 4) is 17.2 Å². The van der Waals surface area contributed by atoms with Crippen molar-refractivity contribution >= 4 is 34.2 Å². The first kappa shape index (κ1) is 16.4. The maximum absolute atomic E-state index is 12.4. The average molecular weight is 413 g/mol. The van der Waals surface area contributed by atoms with Crippen LogP contribution < -0.4 is 14.8 Å². The number of anilines is 1. The second kappa shape index (κ2) is 6.87. The minimum Gasteiger partial charge on any atom is -0.506 e. The fraction of sp³-hybridized carbons (Fsp3) is 0.188. The molecule has 0 saturated heterocycles. The monoisotopic (exact) mass is 413 g/mol. The van der Waals surface area contributed by atoms with E-state index in [1.807, 2.05) is 13.0 Å². The number of ether oxygens (including phenoxy) is 2. The third-order valence-corrected chi connectivity index (χ3v) is 4.01. The number of benzene rings is 2. The van der Waals surface area contributed by atoms with Crippen LogP contribution in [0.15, 0.2) is 30.3 Å². The number of phenols is 1. The van der Waals surface area contributed by atoms with Gasteiger partial charge in [-0.15, -0.1) is 0 Å². The van der Waals surface area contributed by atoms with E-state index >= 15 is 0 Å². The molecule has 116 valence electrons. The predicted molar refractivity (Wildman–Crippen MR) is 93.1 cm³/mol. The average Bonchev–Trinajstić information content (AvgIpc) is 2.49. The number of carbonyl (C=O) groups excluding carboxylic acids is 1. The van der Waals surface area contributed by atoms with Gasteiger partial charge >= 0.3 is 0 Å². The summed E-state index contributed by atoms with van der Waals surface area (Å²) < 4.78 is 11.1. The lowest BCUT2D eigenvalue weighted by Crippen LogP contribution is -2.14. The van der Waals surface area contributed by atoms with Crippen molar-refractivity contribution in [1.82, 2.24) is 0 Å². The Morgan fingerprint density at radius 1 is 1.14 bits per heavy atom. The molecule has 0 spiro atoms. The van der Waals surface area contributed by atoms with E-state index in [-0.39, 0.29) is 11.7 Å². The summed E-state index contributed by atoms with van der Waals surface area (Å²) in [7, 11) is 3.05. The Balaban J connectivity index is 2.33. The van der Waals surface area contributed by atoms with Crippen LogP contribution in [-0.2, 0) is 0 Å². The van der Waals surface area contributed by atoms with Gasteiger partial charge in [-0.2, -0.15) is 0 Å². The summed E-state index contributed by atoms with van der Waals surface area (Å²) in [5.74, 6) is 0.733. The maximum Gasteiger partial charge on any atom is 0.256 e. The molecule has 0 radical (unpaired) electrons. The Bertz CT molecular complexity index is 716. The summed E-state index contributed by atoms with van der Waals surface area (Å²) in [6, 6.07) is 8.41. The molecule has 0 aliphatic rings. The van der Waals surface area contributed by atoms with E-state index in [0.29, 0.717) is 22.7 Å². The number of hydrogen-bond acceptors (Lipinski definition) is 4. The molecule has 2 rings (SSSR count). The highest BCUT2D eigenvalue weighted by Gasteiger charge is 2.16. The number of amides is 1. The molecule has 1 amide bonds. The molecule has 0 heterocycles. The Labute approximate surface area is 142 Å². The van der Waals surface area contributed by atoms with Gasteiger partial charge in [-0.1, -0.05) is 6.07 Å². The van der Waals surface area contributed by atoms with E-state index in [4.69, 9.17) is 9.47 Å². The lowest BCUT2D eigenvalue weighted by atomic mass is 10.1. The number of hydrogen-bond donors (Lipinski definition) is 2. The molecule has 5 nitrogen and oxygen atoms in total. The number of nitrogens with one attached hydrogen (secondary N) is 1. The van der Waals surface area contributed by atoms with Gasteiger partial charge in [-0.25, -0.2) is 0 Å². The Morgan fingerprint density at radius 2 is 1.77 bits per heavy atom. The normalized spacial score (nSPS) is 10.2. The number of halogens is 1. The Hall–Kier alpha value is -1.96. The van der Waals surface area contributed by atoms with Gasteiger partial charge in [0.2, 0.25) is 0 Å². The van der Waals surface area contributed by atoms with Gasteiger partial charge in [0.05, 0.1) is 25.5 Å². The van der Waals surface area contributed by atoms with Crippen LogP contribution in [0, 0.1) is 10.5 Å². The highest BCUT2D eigenvalue weighted by Crippen LogP contribution is 2.32. The number of aryl methyl sites for hydroxylation is 1. The second-order valence-electron chi connectivity index (χ2n) is 4.66. The third-order valence-electron chi connectivity index (χ3n) is 3.12. The van der Waals surface area contributed by atoms with E-state index in [0.717, 1.165) is 9.13 Å². The van der Waals surface area contributed by atoms with Crippen LogP contribution in [0.3, 0.4) is 0 Å². The number of rotatable bonds is 4. The van der Waals surface area contributed by atoms with Crippen molar-refractivity contribution in [1.29, 1.82) is 0 Å². The maximum atomic E-state index is 12.4. The van der Waals surface area contributed by atoms with E-state index < -0.39 is 0 Å². The molecular weight excluding hydrogens is 397 g/mol. The zero-order valence-corrected chi connectivity index (χ0v) is 14.6.